The Morgan fingerprint density at radius 1 is 0.964 bits per heavy atom. The van der Waals surface area contributed by atoms with Gasteiger partial charge in [0.25, 0.3) is 0 Å². The molecule has 0 heterocycles. The first-order valence-electron chi connectivity index (χ1n) is 11.3. The predicted octanol–water partition coefficient (Wildman–Crippen LogP) is 7.49. The minimum Gasteiger partial charge on any atom is -0.505 e. The van der Waals surface area contributed by atoms with Gasteiger partial charge in [0, 0.05) is 0 Å². The summed E-state index contributed by atoms with van der Waals surface area (Å²) >= 11 is 6.49. The van der Waals surface area contributed by atoms with E-state index in [1.807, 2.05) is 0 Å². The van der Waals surface area contributed by atoms with Crippen molar-refractivity contribution in [1.82, 2.24) is 0 Å². The van der Waals surface area contributed by atoms with E-state index < -0.39 is 5.38 Å². The Morgan fingerprint density at radius 2 is 1.50 bits per heavy atom. The fourth-order valence-electron chi connectivity index (χ4n) is 3.75. The normalized spacial score (nSPS) is 13.4. The number of phenolic OH excluding ortho intramolecular Hbond substituents is 1. The Labute approximate surface area is 177 Å². The molecule has 2 atom stereocenters. The summed E-state index contributed by atoms with van der Waals surface area (Å²) in [5.74, 6) is -0.238. The third-order valence-corrected chi connectivity index (χ3v) is 6.25. The number of hydrogen-bond donors (Lipinski definition) is 2. The summed E-state index contributed by atoms with van der Waals surface area (Å²) < 4.78 is 0. The maximum absolute atomic E-state index is 12.7. The van der Waals surface area contributed by atoms with Crippen molar-refractivity contribution >= 4 is 23.1 Å². The Hall–Kier alpha value is -1.22. The number of Topliss-reactive ketones (excluding diaryl/α,β-unsaturated/α-hetero) is 1. The molecule has 1 aromatic rings. The number of benzene rings is 1. The number of para-hydroxylation sites is 1. The number of alkyl halides is 1. The van der Waals surface area contributed by atoms with Crippen molar-refractivity contribution in [1.29, 1.82) is 0 Å². The molecular weight excluding hydrogens is 370 g/mol. The van der Waals surface area contributed by atoms with Crippen molar-refractivity contribution in [3.8, 4) is 5.75 Å². The number of nitrogen functional groups attached to an aromatic ring is 1. The quantitative estimate of drug-likeness (QED) is 0.0976. The fourth-order valence-corrected chi connectivity index (χ4v) is 4.17. The molecule has 4 heteroatoms. The van der Waals surface area contributed by atoms with Gasteiger partial charge < -0.3 is 10.8 Å². The van der Waals surface area contributed by atoms with Crippen molar-refractivity contribution in [3.63, 3.8) is 0 Å². The lowest BCUT2D eigenvalue weighted by molar-refractivity contribution is 0.0960. The number of anilines is 1. The van der Waals surface area contributed by atoms with Crippen LogP contribution in [0.4, 0.5) is 5.69 Å². The predicted molar refractivity (Wildman–Crippen MR) is 121 cm³/mol. The van der Waals surface area contributed by atoms with Crippen LogP contribution in [0.25, 0.3) is 0 Å². The molecule has 1 rings (SSSR count). The average molecular weight is 410 g/mol. The lowest BCUT2D eigenvalue weighted by Crippen LogP contribution is -2.24. The average Bonchev–Trinajstić information content (AvgIpc) is 2.70. The summed E-state index contributed by atoms with van der Waals surface area (Å²) in [4.78, 5) is 12.7. The first-order valence-corrected chi connectivity index (χ1v) is 11.7. The van der Waals surface area contributed by atoms with Crippen molar-refractivity contribution in [3.05, 3.63) is 23.8 Å². The molecule has 0 amide bonds. The fraction of sp³-hybridized carbons (Fsp3) is 0.708. The number of phenols is 1. The van der Waals surface area contributed by atoms with E-state index in [9.17, 15) is 9.90 Å². The summed E-state index contributed by atoms with van der Waals surface area (Å²) in [7, 11) is 0. The van der Waals surface area contributed by atoms with E-state index in [4.69, 9.17) is 17.3 Å². The van der Waals surface area contributed by atoms with Crippen molar-refractivity contribution < 1.29 is 9.90 Å². The zero-order valence-corrected chi connectivity index (χ0v) is 18.6. The molecule has 0 bridgehead atoms. The first kappa shape index (κ1) is 24.8. The monoisotopic (exact) mass is 409 g/mol. The Morgan fingerprint density at radius 3 is 2.04 bits per heavy atom. The Bertz CT molecular complexity index is 562. The molecule has 0 aliphatic heterocycles. The highest BCUT2D eigenvalue weighted by atomic mass is 35.5. The minimum absolute atomic E-state index is 0.133. The second kappa shape index (κ2) is 14.7. The van der Waals surface area contributed by atoms with E-state index in [-0.39, 0.29) is 28.7 Å². The van der Waals surface area contributed by atoms with Crippen LogP contribution in [0.3, 0.4) is 0 Å². The van der Waals surface area contributed by atoms with Crippen LogP contribution in [-0.2, 0) is 0 Å². The Kier molecular flexibility index (Phi) is 13.1. The summed E-state index contributed by atoms with van der Waals surface area (Å²) in [5.41, 5.74) is 6.15. The SMILES string of the molecule is CCCCCCCCCCCCCC(CC)C(Cl)C(=O)c1cccc(N)c1O. The van der Waals surface area contributed by atoms with Gasteiger partial charge in [-0.1, -0.05) is 97.0 Å². The van der Waals surface area contributed by atoms with E-state index in [0.717, 1.165) is 19.3 Å². The van der Waals surface area contributed by atoms with Crippen molar-refractivity contribution in [2.75, 3.05) is 5.73 Å². The standard InChI is InChI=1S/C24H40ClNO2/c1-3-5-6-7-8-9-10-11-12-13-14-16-19(4-2)22(25)24(28)20-17-15-18-21(26)23(20)27/h15,17-19,22,27H,3-14,16,26H2,1-2H3. The van der Waals surface area contributed by atoms with E-state index in [0.29, 0.717) is 0 Å². The van der Waals surface area contributed by atoms with E-state index in [1.165, 1.54) is 64.2 Å². The smallest absolute Gasteiger partial charge is 0.184 e. The van der Waals surface area contributed by atoms with Gasteiger partial charge in [0.15, 0.2) is 5.78 Å². The zero-order valence-electron chi connectivity index (χ0n) is 17.9. The summed E-state index contributed by atoms with van der Waals surface area (Å²) in [5, 5.41) is 9.43. The van der Waals surface area contributed by atoms with E-state index >= 15 is 0 Å². The van der Waals surface area contributed by atoms with E-state index in [1.54, 1.807) is 18.2 Å². The van der Waals surface area contributed by atoms with Crippen LogP contribution in [0.5, 0.6) is 5.75 Å². The van der Waals surface area contributed by atoms with E-state index in [2.05, 4.69) is 13.8 Å². The van der Waals surface area contributed by atoms with Gasteiger partial charge in [0.05, 0.1) is 16.6 Å². The summed E-state index contributed by atoms with van der Waals surface area (Å²) in [6, 6.07) is 4.85. The number of rotatable bonds is 16. The number of halogens is 1. The molecule has 28 heavy (non-hydrogen) atoms. The van der Waals surface area contributed by atoms with Gasteiger partial charge in [-0.3, -0.25) is 4.79 Å². The first-order chi connectivity index (χ1) is 13.5. The number of aromatic hydroxyl groups is 1. The van der Waals surface area contributed by atoms with Gasteiger partial charge in [0.2, 0.25) is 0 Å². The number of hydrogen-bond acceptors (Lipinski definition) is 3. The number of carbonyl (C=O) groups excluding carboxylic acids is 1. The molecule has 0 saturated heterocycles. The van der Waals surface area contributed by atoms with Gasteiger partial charge in [0.1, 0.15) is 5.75 Å². The Balaban J connectivity index is 2.25. The van der Waals surface area contributed by atoms with Crippen LogP contribution in [0.2, 0.25) is 0 Å². The lowest BCUT2D eigenvalue weighted by Gasteiger charge is -2.20. The number of unbranched alkanes of at least 4 members (excludes halogenated alkanes) is 10. The highest BCUT2D eigenvalue weighted by molar-refractivity contribution is 6.34. The highest BCUT2D eigenvalue weighted by Crippen LogP contribution is 2.31. The van der Waals surface area contributed by atoms with Crippen LogP contribution in [0.15, 0.2) is 18.2 Å². The van der Waals surface area contributed by atoms with Crippen molar-refractivity contribution in [2.45, 2.75) is 103 Å². The van der Waals surface area contributed by atoms with Gasteiger partial charge in [-0.15, -0.1) is 11.6 Å². The zero-order chi connectivity index (χ0) is 20.8. The summed E-state index contributed by atoms with van der Waals surface area (Å²) in [6.07, 6.45) is 16.3. The largest absolute Gasteiger partial charge is 0.505 e. The number of carbonyl (C=O) groups is 1. The third-order valence-electron chi connectivity index (χ3n) is 5.70. The molecule has 2 unspecified atom stereocenters. The van der Waals surface area contributed by atoms with Crippen LogP contribution in [0.1, 0.15) is 108 Å². The molecule has 1 aromatic carbocycles. The third kappa shape index (κ3) is 8.86. The maximum atomic E-state index is 12.7. The van der Waals surface area contributed by atoms with Gasteiger partial charge in [-0.05, 0) is 24.5 Å². The van der Waals surface area contributed by atoms with Crippen LogP contribution in [-0.4, -0.2) is 16.3 Å². The maximum Gasteiger partial charge on any atom is 0.184 e. The molecule has 0 fully saturated rings. The molecule has 3 N–H and O–H groups in total. The molecule has 0 radical (unpaired) electrons. The summed E-state index contributed by atoms with van der Waals surface area (Å²) in [6.45, 7) is 4.33. The van der Waals surface area contributed by atoms with Crippen LogP contribution < -0.4 is 5.73 Å². The topological polar surface area (TPSA) is 63.3 Å². The second-order valence-corrected chi connectivity index (χ2v) is 8.47. The highest BCUT2D eigenvalue weighted by Gasteiger charge is 2.27. The molecule has 0 saturated carbocycles. The van der Waals surface area contributed by atoms with Crippen molar-refractivity contribution in [2.24, 2.45) is 5.92 Å². The molecule has 0 aliphatic rings. The van der Waals surface area contributed by atoms with Crippen LogP contribution in [0, 0.1) is 5.92 Å². The van der Waals surface area contributed by atoms with Gasteiger partial charge in [-0.2, -0.15) is 0 Å². The lowest BCUT2D eigenvalue weighted by atomic mass is 9.90. The second-order valence-electron chi connectivity index (χ2n) is 8.00. The van der Waals surface area contributed by atoms with Crippen LogP contribution >= 0.6 is 11.6 Å². The number of ketones is 1. The molecule has 0 aromatic heterocycles. The molecule has 0 aliphatic carbocycles. The molecule has 3 nitrogen and oxygen atoms in total. The molecule has 160 valence electrons. The molecule has 0 spiro atoms. The minimum atomic E-state index is -0.610. The molecular formula is C24H40ClNO2. The van der Waals surface area contributed by atoms with Gasteiger partial charge in [-0.25, -0.2) is 0 Å². The van der Waals surface area contributed by atoms with Gasteiger partial charge >= 0.3 is 0 Å². The number of nitrogens with two attached hydrogens (primary N) is 1.